The van der Waals surface area contributed by atoms with E-state index in [0.29, 0.717) is 44.3 Å². The molecule has 1 aliphatic heterocycles. The second-order valence-electron chi connectivity index (χ2n) is 7.98. The zero-order valence-corrected chi connectivity index (χ0v) is 21.0. The smallest absolute Gasteiger partial charge is 0.317 e. The Bertz CT molecular complexity index is 952. The summed E-state index contributed by atoms with van der Waals surface area (Å²) in [4.78, 5) is 30.6. The van der Waals surface area contributed by atoms with Gasteiger partial charge in [0.2, 0.25) is 5.91 Å². The zero-order valence-electron chi connectivity index (χ0n) is 19.4. The van der Waals surface area contributed by atoms with Gasteiger partial charge in [0.05, 0.1) is 6.04 Å². The highest BCUT2D eigenvalue weighted by atomic mass is 35.5. The Hall–Kier alpha value is -2.29. The molecule has 1 aromatic heterocycles. The van der Waals surface area contributed by atoms with Crippen LogP contribution in [0.4, 0.5) is 4.79 Å². The molecule has 1 atom stereocenters. The Balaban J connectivity index is 1.74. The van der Waals surface area contributed by atoms with Crippen LogP contribution in [-0.2, 0) is 16.0 Å². The molecule has 0 radical (unpaired) electrons. The van der Waals surface area contributed by atoms with E-state index in [4.69, 9.17) is 21.1 Å². The summed E-state index contributed by atoms with van der Waals surface area (Å²) in [5, 5.41) is 5.55. The van der Waals surface area contributed by atoms with Crippen molar-refractivity contribution in [3.8, 4) is 5.75 Å². The van der Waals surface area contributed by atoms with Crippen molar-refractivity contribution in [2.45, 2.75) is 32.7 Å². The van der Waals surface area contributed by atoms with Gasteiger partial charge in [0.1, 0.15) is 18.9 Å². The largest absolute Gasteiger partial charge is 0.491 e. The number of nitrogens with one attached hydrogen (secondary N) is 1. The summed E-state index contributed by atoms with van der Waals surface area (Å²) in [6.07, 6.45) is 1.47. The van der Waals surface area contributed by atoms with Crippen molar-refractivity contribution in [1.82, 2.24) is 15.1 Å². The quantitative estimate of drug-likeness (QED) is 0.501. The van der Waals surface area contributed by atoms with Crippen molar-refractivity contribution >= 4 is 34.9 Å². The van der Waals surface area contributed by atoms with Gasteiger partial charge in [0.15, 0.2) is 0 Å². The number of methoxy groups -OCH3 is 1. The van der Waals surface area contributed by atoms with E-state index in [9.17, 15) is 9.59 Å². The Morgan fingerprint density at radius 2 is 2.15 bits per heavy atom. The van der Waals surface area contributed by atoms with Gasteiger partial charge in [-0.2, -0.15) is 0 Å². The number of urea groups is 1. The minimum Gasteiger partial charge on any atom is -0.491 e. The van der Waals surface area contributed by atoms with Crippen molar-refractivity contribution in [2.75, 3.05) is 46.5 Å². The van der Waals surface area contributed by atoms with E-state index in [1.807, 2.05) is 36.9 Å². The molecule has 2 heterocycles. The Morgan fingerprint density at radius 1 is 1.33 bits per heavy atom. The number of nitrogens with zero attached hydrogens (tertiary/aromatic N) is 2. The lowest BCUT2D eigenvalue weighted by molar-refractivity contribution is -0.135. The van der Waals surface area contributed by atoms with Crippen LogP contribution in [0.2, 0.25) is 5.02 Å². The zero-order chi connectivity index (χ0) is 23.8. The summed E-state index contributed by atoms with van der Waals surface area (Å²) in [5.41, 5.74) is 2.06. The number of carbonyl (C=O) groups excluding carboxylic acids is 2. The third-order valence-corrected chi connectivity index (χ3v) is 7.09. The minimum absolute atomic E-state index is 0.0194. The van der Waals surface area contributed by atoms with E-state index in [0.717, 1.165) is 23.3 Å². The molecular formula is C24H32ClN3O4S. The number of halogens is 1. The van der Waals surface area contributed by atoms with Crippen LogP contribution in [0.15, 0.2) is 29.6 Å². The molecule has 0 saturated carbocycles. The van der Waals surface area contributed by atoms with E-state index in [1.165, 1.54) is 4.88 Å². The second-order valence-corrected chi connectivity index (χ2v) is 9.39. The number of fused-ring (bicyclic) bond motifs is 1. The number of rotatable bonds is 10. The normalized spacial score (nSPS) is 15.2. The molecule has 33 heavy (non-hydrogen) atoms. The molecule has 0 aliphatic carbocycles. The number of thiophene rings is 1. The summed E-state index contributed by atoms with van der Waals surface area (Å²) in [5.74, 6) is 0.631. The lowest BCUT2D eigenvalue weighted by Crippen LogP contribution is -2.50. The molecule has 1 aromatic carbocycles. The highest BCUT2D eigenvalue weighted by molar-refractivity contribution is 7.10. The number of hydrogen-bond donors (Lipinski definition) is 1. The maximum absolute atomic E-state index is 13.4. The van der Waals surface area contributed by atoms with Gasteiger partial charge < -0.3 is 24.6 Å². The SMILES string of the molecule is CCNC(=O)N(CCCOC)CC(=O)N1CCc2sccc2C1COc1ccc(Cl)c(C)c1. The van der Waals surface area contributed by atoms with Gasteiger partial charge in [0.25, 0.3) is 0 Å². The second kappa shape index (κ2) is 12.3. The van der Waals surface area contributed by atoms with Gasteiger partial charge in [-0.15, -0.1) is 11.3 Å². The lowest BCUT2D eigenvalue weighted by atomic mass is 10.0. The number of benzene rings is 1. The molecule has 0 bridgehead atoms. The summed E-state index contributed by atoms with van der Waals surface area (Å²) in [6.45, 7) is 6.24. The lowest BCUT2D eigenvalue weighted by Gasteiger charge is -2.37. The molecule has 9 heteroatoms. The Kier molecular flexibility index (Phi) is 9.41. The highest BCUT2D eigenvalue weighted by Gasteiger charge is 2.33. The van der Waals surface area contributed by atoms with E-state index in [-0.39, 0.29) is 24.5 Å². The first-order chi connectivity index (χ1) is 15.9. The first-order valence-electron chi connectivity index (χ1n) is 11.2. The van der Waals surface area contributed by atoms with Crippen LogP contribution in [0.25, 0.3) is 0 Å². The van der Waals surface area contributed by atoms with Crippen LogP contribution in [-0.4, -0.2) is 68.2 Å². The first kappa shape index (κ1) is 25.3. The highest BCUT2D eigenvalue weighted by Crippen LogP contribution is 2.34. The Labute approximate surface area is 204 Å². The molecule has 180 valence electrons. The van der Waals surface area contributed by atoms with Crippen LogP contribution in [0.1, 0.15) is 35.4 Å². The van der Waals surface area contributed by atoms with Crippen LogP contribution < -0.4 is 10.1 Å². The third-order valence-electron chi connectivity index (χ3n) is 5.67. The molecule has 1 N–H and O–H groups in total. The molecule has 0 saturated heterocycles. The first-order valence-corrected chi connectivity index (χ1v) is 12.5. The predicted octanol–water partition coefficient (Wildman–Crippen LogP) is 4.28. The van der Waals surface area contributed by atoms with E-state index in [1.54, 1.807) is 23.3 Å². The topological polar surface area (TPSA) is 71.1 Å². The molecule has 0 spiro atoms. The maximum atomic E-state index is 13.4. The van der Waals surface area contributed by atoms with Crippen LogP contribution >= 0.6 is 22.9 Å². The molecule has 1 aliphatic rings. The fraction of sp³-hybridized carbons (Fsp3) is 0.500. The minimum atomic E-state index is -0.236. The summed E-state index contributed by atoms with van der Waals surface area (Å²) < 4.78 is 11.2. The number of hydrogen-bond acceptors (Lipinski definition) is 5. The van der Waals surface area contributed by atoms with Gasteiger partial charge >= 0.3 is 6.03 Å². The third kappa shape index (κ3) is 6.62. The molecule has 7 nitrogen and oxygen atoms in total. The number of aryl methyl sites for hydroxylation is 1. The van der Waals surface area contributed by atoms with Crippen LogP contribution in [0, 0.1) is 6.92 Å². The standard InChI is InChI=1S/C24H32ClN3O4S/c1-4-26-24(30)27(10-5-12-31-3)15-23(29)28-11-8-22-19(9-13-33-22)21(28)16-32-18-6-7-20(25)17(2)14-18/h6-7,9,13-14,21H,4-5,8,10-12,15-16H2,1-3H3,(H,26,30). The average molecular weight is 494 g/mol. The molecule has 0 fully saturated rings. The number of amides is 3. The molecule has 3 rings (SSSR count). The monoisotopic (exact) mass is 493 g/mol. The van der Waals surface area contributed by atoms with E-state index < -0.39 is 0 Å². The number of carbonyl (C=O) groups is 2. The van der Waals surface area contributed by atoms with Crippen LogP contribution in [0.5, 0.6) is 5.75 Å². The van der Waals surface area contributed by atoms with Crippen molar-refractivity contribution in [2.24, 2.45) is 0 Å². The van der Waals surface area contributed by atoms with Gasteiger partial charge in [-0.1, -0.05) is 11.6 Å². The van der Waals surface area contributed by atoms with Crippen molar-refractivity contribution in [3.63, 3.8) is 0 Å². The number of ether oxygens (including phenoxy) is 2. The fourth-order valence-electron chi connectivity index (χ4n) is 3.93. The van der Waals surface area contributed by atoms with Crippen molar-refractivity contribution in [1.29, 1.82) is 0 Å². The summed E-state index contributed by atoms with van der Waals surface area (Å²) in [6, 6.07) is 7.18. The molecular weight excluding hydrogens is 462 g/mol. The summed E-state index contributed by atoms with van der Waals surface area (Å²) >= 11 is 7.84. The molecule has 1 unspecified atom stereocenters. The van der Waals surface area contributed by atoms with Gasteiger partial charge in [0, 0.05) is 43.3 Å². The van der Waals surface area contributed by atoms with E-state index >= 15 is 0 Å². The molecule has 2 aromatic rings. The van der Waals surface area contributed by atoms with Crippen molar-refractivity contribution < 1.29 is 19.1 Å². The Morgan fingerprint density at radius 3 is 2.88 bits per heavy atom. The van der Waals surface area contributed by atoms with Gasteiger partial charge in [-0.05, 0) is 67.5 Å². The summed E-state index contributed by atoms with van der Waals surface area (Å²) in [7, 11) is 1.63. The van der Waals surface area contributed by atoms with E-state index in [2.05, 4.69) is 16.8 Å². The predicted molar refractivity (Wildman–Crippen MR) is 131 cm³/mol. The maximum Gasteiger partial charge on any atom is 0.317 e. The fourth-order valence-corrected chi connectivity index (χ4v) is 4.97. The van der Waals surface area contributed by atoms with Gasteiger partial charge in [-0.25, -0.2) is 4.79 Å². The average Bonchev–Trinajstić information content (AvgIpc) is 3.28. The molecule has 3 amide bonds. The van der Waals surface area contributed by atoms with Gasteiger partial charge in [-0.3, -0.25) is 4.79 Å². The van der Waals surface area contributed by atoms with Crippen molar-refractivity contribution in [3.05, 3.63) is 50.7 Å². The van der Waals surface area contributed by atoms with Crippen LogP contribution in [0.3, 0.4) is 0 Å².